The molecule has 0 saturated heterocycles. The van der Waals surface area contributed by atoms with Gasteiger partial charge in [0.25, 0.3) is 0 Å². The number of hydrogen-bond acceptors (Lipinski definition) is 2. The molecular formula is C15H20O2. The van der Waals surface area contributed by atoms with Crippen LogP contribution in [0.1, 0.15) is 47.1 Å². The summed E-state index contributed by atoms with van der Waals surface area (Å²) in [5, 5.41) is 10.2. The van der Waals surface area contributed by atoms with Gasteiger partial charge in [0.2, 0.25) is 0 Å². The minimum atomic E-state index is 0.421. The van der Waals surface area contributed by atoms with Crippen LogP contribution >= 0.6 is 0 Å². The molecule has 1 aromatic rings. The molecule has 0 spiro atoms. The van der Waals surface area contributed by atoms with Crippen LogP contribution in [-0.2, 0) is 24.1 Å². The first-order valence-electron chi connectivity index (χ1n) is 6.43. The van der Waals surface area contributed by atoms with Crippen molar-refractivity contribution in [1.82, 2.24) is 0 Å². The van der Waals surface area contributed by atoms with Gasteiger partial charge in [0.15, 0.2) is 0 Å². The van der Waals surface area contributed by atoms with E-state index in [9.17, 15) is 9.90 Å². The highest BCUT2D eigenvalue weighted by Gasteiger charge is 2.20. The molecule has 0 fully saturated rings. The van der Waals surface area contributed by atoms with E-state index >= 15 is 0 Å². The Morgan fingerprint density at radius 2 is 1.71 bits per heavy atom. The zero-order chi connectivity index (χ0) is 12.4. The molecule has 0 saturated carbocycles. The third-order valence-electron chi connectivity index (χ3n) is 3.98. The molecule has 92 valence electrons. The molecule has 0 aliphatic heterocycles. The van der Waals surface area contributed by atoms with Gasteiger partial charge in [-0.1, -0.05) is 0 Å². The van der Waals surface area contributed by atoms with Crippen LogP contribution in [-0.4, -0.2) is 11.4 Å². The van der Waals surface area contributed by atoms with Gasteiger partial charge >= 0.3 is 0 Å². The summed E-state index contributed by atoms with van der Waals surface area (Å²) in [6.07, 6.45) is 6.75. The summed E-state index contributed by atoms with van der Waals surface area (Å²) < 4.78 is 0. The van der Waals surface area contributed by atoms with E-state index < -0.39 is 0 Å². The highest BCUT2D eigenvalue weighted by molar-refractivity contribution is 5.57. The standard InChI is InChI=1S/C15H20O2/c1-10-12-6-3-4-7-13(12)11(2)15(17)14(10)8-5-9-16/h9,17H,3-8H2,1-2H3. The zero-order valence-electron chi connectivity index (χ0n) is 10.7. The van der Waals surface area contributed by atoms with Crippen molar-refractivity contribution in [1.29, 1.82) is 0 Å². The number of phenolic OH excluding ortho intramolecular Hbond substituents is 1. The Bertz CT molecular complexity index is 447. The lowest BCUT2D eigenvalue weighted by Gasteiger charge is -2.24. The Hall–Kier alpha value is -1.31. The molecule has 1 N–H and O–H groups in total. The first-order chi connectivity index (χ1) is 8.16. The van der Waals surface area contributed by atoms with Crippen molar-refractivity contribution in [3.63, 3.8) is 0 Å². The number of carbonyl (C=O) groups excluding carboxylic acids is 1. The normalized spacial score (nSPS) is 14.5. The van der Waals surface area contributed by atoms with E-state index in [1.807, 2.05) is 6.92 Å². The van der Waals surface area contributed by atoms with Gasteiger partial charge in [-0.2, -0.15) is 0 Å². The molecule has 0 bridgehead atoms. The van der Waals surface area contributed by atoms with E-state index in [-0.39, 0.29) is 0 Å². The summed E-state index contributed by atoms with van der Waals surface area (Å²) in [6.45, 7) is 4.09. The summed E-state index contributed by atoms with van der Waals surface area (Å²) in [4.78, 5) is 10.5. The molecule has 0 radical (unpaired) electrons. The molecule has 17 heavy (non-hydrogen) atoms. The second kappa shape index (κ2) is 4.91. The molecule has 1 aliphatic rings. The number of phenols is 1. The summed E-state index contributed by atoms with van der Waals surface area (Å²) >= 11 is 0. The molecule has 0 aromatic heterocycles. The van der Waals surface area contributed by atoms with Crippen LogP contribution in [0.15, 0.2) is 0 Å². The minimum Gasteiger partial charge on any atom is -0.507 e. The molecule has 2 rings (SSSR count). The van der Waals surface area contributed by atoms with Gasteiger partial charge in [-0.25, -0.2) is 0 Å². The maximum atomic E-state index is 10.5. The molecule has 0 amide bonds. The Labute approximate surface area is 103 Å². The van der Waals surface area contributed by atoms with Crippen molar-refractivity contribution in [2.24, 2.45) is 0 Å². The number of benzene rings is 1. The molecule has 1 aromatic carbocycles. The van der Waals surface area contributed by atoms with Gasteiger partial charge in [0.05, 0.1) is 0 Å². The lowest BCUT2D eigenvalue weighted by molar-refractivity contribution is -0.107. The van der Waals surface area contributed by atoms with Crippen molar-refractivity contribution in [2.75, 3.05) is 0 Å². The molecule has 0 atom stereocenters. The monoisotopic (exact) mass is 232 g/mol. The smallest absolute Gasteiger partial charge is 0.122 e. The number of fused-ring (bicyclic) bond motifs is 1. The quantitative estimate of drug-likeness (QED) is 0.813. The topological polar surface area (TPSA) is 37.3 Å². The van der Waals surface area contributed by atoms with Gasteiger partial charge < -0.3 is 9.90 Å². The first kappa shape index (κ1) is 12.2. The fourth-order valence-electron chi connectivity index (χ4n) is 2.97. The predicted molar refractivity (Wildman–Crippen MR) is 68.6 cm³/mol. The summed E-state index contributed by atoms with van der Waals surface area (Å²) in [5.74, 6) is 0.421. The Balaban J connectivity index is 2.53. The van der Waals surface area contributed by atoms with Crippen LogP contribution in [0.3, 0.4) is 0 Å². The van der Waals surface area contributed by atoms with E-state index in [1.165, 1.54) is 29.5 Å². The van der Waals surface area contributed by atoms with Crippen LogP contribution in [0.4, 0.5) is 0 Å². The van der Waals surface area contributed by atoms with E-state index in [4.69, 9.17) is 0 Å². The molecular weight excluding hydrogens is 212 g/mol. The van der Waals surface area contributed by atoms with Crippen LogP contribution < -0.4 is 0 Å². The molecule has 1 aliphatic carbocycles. The largest absolute Gasteiger partial charge is 0.507 e. The maximum Gasteiger partial charge on any atom is 0.122 e. The molecule has 0 unspecified atom stereocenters. The van der Waals surface area contributed by atoms with Gasteiger partial charge in [-0.3, -0.25) is 0 Å². The third-order valence-corrected chi connectivity index (χ3v) is 3.98. The van der Waals surface area contributed by atoms with Crippen LogP contribution in [0.25, 0.3) is 0 Å². The van der Waals surface area contributed by atoms with Crippen molar-refractivity contribution >= 4 is 6.29 Å². The first-order valence-corrected chi connectivity index (χ1v) is 6.43. The van der Waals surface area contributed by atoms with E-state index in [0.29, 0.717) is 18.6 Å². The number of aldehydes is 1. The Morgan fingerprint density at radius 1 is 1.12 bits per heavy atom. The highest BCUT2D eigenvalue weighted by atomic mass is 16.3. The number of hydrogen-bond donors (Lipinski definition) is 1. The Kier molecular flexibility index (Phi) is 3.51. The van der Waals surface area contributed by atoms with Crippen LogP contribution in [0.5, 0.6) is 5.75 Å². The zero-order valence-corrected chi connectivity index (χ0v) is 10.7. The van der Waals surface area contributed by atoms with Gasteiger partial charge in [-0.15, -0.1) is 0 Å². The average molecular weight is 232 g/mol. The van der Waals surface area contributed by atoms with Crippen LogP contribution in [0, 0.1) is 13.8 Å². The lowest BCUT2D eigenvalue weighted by Crippen LogP contribution is -2.10. The van der Waals surface area contributed by atoms with Gasteiger partial charge in [0, 0.05) is 6.42 Å². The second-order valence-corrected chi connectivity index (χ2v) is 4.95. The highest BCUT2D eigenvalue weighted by Crippen LogP contribution is 2.36. The second-order valence-electron chi connectivity index (χ2n) is 4.95. The van der Waals surface area contributed by atoms with Crippen LogP contribution in [0.2, 0.25) is 0 Å². The predicted octanol–water partition coefficient (Wildman–Crippen LogP) is 3.02. The third kappa shape index (κ3) is 2.08. The molecule has 2 nitrogen and oxygen atoms in total. The summed E-state index contributed by atoms with van der Waals surface area (Å²) in [5.41, 5.74) is 6.00. The van der Waals surface area contributed by atoms with Crippen molar-refractivity contribution in [3.8, 4) is 5.75 Å². The molecule has 2 heteroatoms. The van der Waals surface area contributed by atoms with Gasteiger partial charge in [0.1, 0.15) is 12.0 Å². The van der Waals surface area contributed by atoms with Crippen molar-refractivity contribution in [3.05, 3.63) is 27.8 Å². The maximum absolute atomic E-state index is 10.5. The fourth-order valence-corrected chi connectivity index (χ4v) is 2.97. The van der Waals surface area contributed by atoms with E-state index in [1.54, 1.807) is 0 Å². The number of rotatable bonds is 3. The summed E-state index contributed by atoms with van der Waals surface area (Å²) in [6, 6.07) is 0. The van der Waals surface area contributed by atoms with E-state index in [0.717, 1.165) is 30.3 Å². The van der Waals surface area contributed by atoms with Crippen molar-refractivity contribution < 1.29 is 9.90 Å². The number of carbonyl (C=O) groups is 1. The SMILES string of the molecule is Cc1c(O)c(CCC=O)c(C)c2c1CCCC2. The molecule has 0 heterocycles. The van der Waals surface area contributed by atoms with Crippen molar-refractivity contribution in [2.45, 2.75) is 52.4 Å². The Morgan fingerprint density at radius 3 is 2.29 bits per heavy atom. The van der Waals surface area contributed by atoms with E-state index in [2.05, 4.69) is 6.92 Å². The fraction of sp³-hybridized carbons (Fsp3) is 0.533. The minimum absolute atomic E-state index is 0.421. The summed E-state index contributed by atoms with van der Waals surface area (Å²) in [7, 11) is 0. The lowest BCUT2D eigenvalue weighted by atomic mass is 9.82. The van der Waals surface area contributed by atoms with Gasteiger partial charge in [-0.05, 0) is 73.8 Å². The average Bonchev–Trinajstić information content (AvgIpc) is 2.36. The number of aromatic hydroxyl groups is 1.